The minimum absolute atomic E-state index is 0.0509. The van der Waals surface area contributed by atoms with Crippen LogP contribution in [0.1, 0.15) is 31.4 Å². The average molecular weight is 303 g/mol. The summed E-state index contributed by atoms with van der Waals surface area (Å²) >= 11 is 0. The van der Waals surface area contributed by atoms with Crippen molar-refractivity contribution in [2.45, 2.75) is 38.4 Å². The van der Waals surface area contributed by atoms with Gasteiger partial charge in [0.2, 0.25) is 0 Å². The number of aliphatic hydroxyl groups is 1. The number of carbonyl (C=O) groups excluding carboxylic acids is 2. The maximum Gasteiger partial charge on any atom is 0.264 e. The summed E-state index contributed by atoms with van der Waals surface area (Å²) in [5.41, 5.74) is -0.293. The number of benzene rings is 1. The van der Waals surface area contributed by atoms with Crippen LogP contribution < -0.4 is 4.90 Å². The summed E-state index contributed by atoms with van der Waals surface area (Å²) in [7, 11) is 1.62. The van der Waals surface area contributed by atoms with Crippen LogP contribution in [0, 0.1) is 12.8 Å². The number of aryl methyl sites for hydroxylation is 1. The van der Waals surface area contributed by atoms with E-state index in [1.54, 1.807) is 19.2 Å². The van der Waals surface area contributed by atoms with Crippen LogP contribution in [0.25, 0.3) is 0 Å². The largest absolute Gasteiger partial charge is 0.375 e. The van der Waals surface area contributed by atoms with Gasteiger partial charge in [-0.15, -0.1) is 0 Å². The summed E-state index contributed by atoms with van der Waals surface area (Å²) in [5, 5.41) is 11.2. The number of anilines is 1. The van der Waals surface area contributed by atoms with Gasteiger partial charge in [-0.1, -0.05) is 17.7 Å². The van der Waals surface area contributed by atoms with Gasteiger partial charge < -0.3 is 14.7 Å². The fourth-order valence-electron chi connectivity index (χ4n) is 3.41. The fourth-order valence-corrected chi connectivity index (χ4v) is 3.41. The molecular formula is C17H21NO4. The molecule has 0 aromatic heterocycles. The number of ketones is 1. The number of ether oxygens (including phenoxy) is 1. The lowest BCUT2D eigenvalue weighted by atomic mass is 9.75. The van der Waals surface area contributed by atoms with Crippen LogP contribution in [-0.2, 0) is 19.9 Å². The summed E-state index contributed by atoms with van der Waals surface area (Å²) in [5.74, 6) is -1.46. The van der Waals surface area contributed by atoms with Crippen molar-refractivity contribution in [3.05, 3.63) is 29.3 Å². The molecule has 0 aliphatic carbocycles. The van der Waals surface area contributed by atoms with Crippen LogP contribution >= 0.6 is 0 Å². The van der Waals surface area contributed by atoms with Crippen molar-refractivity contribution < 1.29 is 19.4 Å². The highest BCUT2D eigenvalue weighted by atomic mass is 16.5. The summed E-state index contributed by atoms with van der Waals surface area (Å²) in [4.78, 5) is 26.6. The van der Waals surface area contributed by atoms with Gasteiger partial charge in [0.05, 0.1) is 23.8 Å². The maximum absolute atomic E-state index is 12.7. The Hall–Kier alpha value is -1.72. The molecule has 1 aromatic carbocycles. The molecule has 118 valence electrons. The van der Waals surface area contributed by atoms with Crippen molar-refractivity contribution in [2.24, 2.45) is 5.92 Å². The first kappa shape index (κ1) is 15.2. The lowest BCUT2D eigenvalue weighted by Crippen LogP contribution is -2.54. The van der Waals surface area contributed by atoms with Gasteiger partial charge in [0.1, 0.15) is 5.78 Å². The number of nitrogens with zero attached hydrogens (tertiary/aromatic N) is 1. The van der Waals surface area contributed by atoms with Gasteiger partial charge in [0.25, 0.3) is 5.91 Å². The van der Waals surface area contributed by atoms with Crippen LogP contribution in [0.2, 0.25) is 0 Å². The van der Waals surface area contributed by atoms with E-state index in [1.165, 1.54) is 4.90 Å². The van der Waals surface area contributed by atoms with Crippen LogP contribution in [0.4, 0.5) is 5.69 Å². The minimum Gasteiger partial charge on any atom is -0.375 e. The molecule has 3 rings (SSSR count). The molecule has 2 atom stereocenters. The van der Waals surface area contributed by atoms with E-state index in [1.807, 2.05) is 26.8 Å². The van der Waals surface area contributed by atoms with Crippen LogP contribution in [0.15, 0.2) is 18.2 Å². The third-order valence-electron chi connectivity index (χ3n) is 4.69. The van der Waals surface area contributed by atoms with Crippen LogP contribution in [0.5, 0.6) is 0 Å². The topological polar surface area (TPSA) is 66.8 Å². The molecular weight excluding hydrogens is 282 g/mol. The number of carbonyl (C=O) groups is 2. The highest BCUT2D eigenvalue weighted by molar-refractivity contribution is 6.09. The van der Waals surface area contributed by atoms with E-state index in [4.69, 9.17) is 4.74 Å². The lowest BCUT2D eigenvalue weighted by Gasteiger charge is -2.39. The second-order valence-electron chi connectivity index (χ2n) is 6.92. The molecule has 2 aliphatic rings. The molecule has 0 unspecified atom stereocenters. The molecule has 0 radical (unpaired) electrons. The van der Waals surface area contributed by atoms with Gasteiger partial charge in [-0.3, -0.25) is 9.59 Å². The molecule has 1 aromatic rings. The Bertz CT molecular complexity index is 667. The Kier molecular flexibility index (Phi) is 3.20. The first-order valence-corrected chi connectivity index (χ1v) is 7.45. The van der Waals surface area contributed by atoms with Crippen molar-refractivity contribution in [1.29, 1.82) is 0 Å². The monoisotopic (exact) mass is 303 g/mol. The van der Waals surface area contributed by atoms with E-state index in [-0.39, 0.29) is 18.8 Å². The highest BCUT2D eigenvalue weighted by Crippen LogP contribution is 2.46. The number of hydrogen-bond donors (Lipinski definition) is 1. The van der Waals surface area contributed by atoms with Crippen molar-refractivity contribution >= 4 is 17.4 Å². The van der Waals surface area contributed by atoms with E-state index in [0.29, 0.717) is 11.3 Å². The highest BCUT2D eigenvalue weighted by Gasteiger charge is 2.57. The van der Waals surface area contributed by atoms with Gasteiger partial charge in [0, 0.05) is 19.0 Å². The zero-order chi connectivity index (χ0) is 16.3. The molecule has 0 saturated carbocycles. The van der Waals surface area contributed by atoms with Gasteiger partial charge >= 0.3 is 0 Å². The van der Waals surface area contributed by atoms with Crippen molar-refractivity contribution in [3.63, 3.8) is 0 Å². The quantitative estimate of drug-likeness (QED) is 0.854. The van der Waals surface area contributed by atoms with Gasteiger partial charge in [-0.05, 0) is 26.8 Å². The number of amides is 1. The first-order valence-electron chi connectivity index (χ1n) is 7.45. The second kappa shape index (κ2) is 4.64. The number of rotatable bonds is 1. The Balaban J connectivity index is 2.08. The van der Waals surface area contributed by atoms with Crippen molar-refractivity contribution in [1.82, 2.24) is 0 Å². The van der Waals surface area contributed by atoms with Gasteiger partial charge in [-0.2, -0.15) is 0 Å². The first-order chi connectivity index (χ1) is 10.2. The molecule has 1 N–H and O–H groups in total. The number of fused-ring (bicyclic) bond motifs is 1. The van der Waals surface area contributed by atoms with E-state index in [0.717, 1.165) is 5.56 Å². The normalized spacial score (nSPS) is 30.6. The summed E-state index contributed by atoms with van der Waals surface area (Å²) < 4.78 is 5.70. The zero-order valence-corrected chi connectivity index (χ0v) is 13.3. The molecule has 1 saturated heterocycles. The van der Waals surface area contributed by atoms with Crippen molar-refractivity contribution in [3.8, 4) is 0 Å². The second-order valence-corrected chi connectivity index (χ2v) is 6.92. The number of hydrogen-bond acceptors (Lipinski definition) is 4. The lowest BCUT2D eigenvalue weighted by molar-refractivity contribution is -0.172. The SMILES string of the molecule is Cc1ccc2c(c1)[C@@](O)([C@H]1COC(C)(C)CC1=O)C(=O)N2C. The third kappa shape index (κ3) is 2.00. The molecule has 2 heterocycles. The summed E-state index contributed by atoms with van der Waals surface area (Å²) in [6.07, 6.45) is 0.193. The van der Waals surface area contributed by atoms with E-state index in [9.17, 15) is 14.7 Å². The predicted octanol–water partition coefficient (Wildman–Crippen LogP) is 1.54. The zero-order valence-electron chi connectivity index (χ0n) is 13.3. The average Bonchev–Trinajstić information content (AvgIpc) is 2.60. The maximum atomic E-state index is 12.7. The summed E-state index contributed by atoms with van der Waals surface area (Å²) in [6.45, 7) is 5.62. The Morgan fingerprint density at radius 1 is 1.32 bits per heavy atom. The van der Waals surface area contributed by atoms with Crippen LogP contribution in [0.3, 0.4) is 0 Å². The van der Waals surface area contributed by atoms with E-state index >= 15 is 0 Å². The Labute approximate surface area is 129 Å². The predicted molar refractivity (Wildman–Crippen MR) is 81.6 cm³/mol. The molecule has 0 bridgehead atoms. The van der Waals surface area contributed by atoms with Crippen LogP contribution in [-0.4, -0.2) is 36.1 Å². The molecule has 5 heteroatoms. The van der Waals surface area contributed by atoms with Crippen molar-refractivity contribution in [2.75, 3.05) is 18.6 Å². The molecule has 5 nitrogen and oxygen atoms in total. The van der Waals surface area contributed by atoms with Gasteiger partial charge in [0.15, 0.2) is 5.60 Å². The molecule has 1 amide bonds. The molecule has 1 fully saturated rings. The fraction of sp³-hybridized carbons (Fsp3) is 0.529. The summed E-state index contributed by atoms with van der Waals surface area (Å²) in [6, 6.07) is 5.47. The smallest absolute Gasteiger partial charge is 0.264 e. The molecule has 22 heavy (non-hydrogen) atoms. The number of likely N-dealkylation sites (N-methyl/N-ethyl adjacent to an activating group) is 1. The Morgan fingerprint density at radius 3 is 2.64 bits per heavy atom. The molecule has 2 aliphatic heterocycles. The third-order valence-corrected chi connectivity index (χ3v) is 4.69. The molecule has 0 spiro atoms. The van der Waals surface area contributed by atoms with E-state index in [2.05, 4.69) is 0 Å². The van der Waals surface area contributed by atoms with E-state index < -0.39 is 23.0 Å². The van der Waals surface area contributed by atoms with Gasteiger partial charge in [-0.25, -0.2) is 0 Å². The standard InChI is InChI=1S/C17H21NO4/c1-10-5-6-13-11(7-10)17(21,15(20)18(13)4)12-9-22-16(2,3)8-14(12)19/h5-7,12,21H,8-9H2,1-4H3/t12-,17+/m0/s1. The number of Topliss-reactive ketones (excluding diaryl/α,β-unsaturated/α-hetero) is 1. The Morgan fingerprint density at radius 2 is 2.00 bits per heavy atom. The minimum atomic E-state index is -1.83.